The molecule has 2 N–H and O–H groups in total. The summed E-state index contributed by atoms with van der Waals surface area (Å²) >= 11 is 0. The summed E-state index contributed by atoms with van der Waals surface area (Å²) in [6.45, 7) is 0.378. The van der Waals surface area contributed by atoms with Gasteiger partial charge in [0.25, 0.3) is 0 Å². The molecule has 1 unspecified atom stereocenters. The lowest BCUT2D eigenvalue weighted by Gasteiger charge is -2.16. The van der Waals surface area contributed by atoms with Crippen molar-refractivity contribution in [3.63, 3.8) is 0 Å². The van der Waals surface area contributed by atoms with Gasteiger partial charge in [-0.25, -0.2) is 4.79 Å². The Bertz CT molecular complexity index is 376. The molecular weight excluding hydrogens is 230 g/mol. The van der Waals surface area contributed by atoms with E-state index in [1.165, 1.54) is 0 Å². The van der Waals surface area contributed by atoms with E-state index in [0.717, 1.165) is 18.4 Å². The fourth-order valence-electron chi connectivity index (χ4n) is 1.98. The fraction of sp³-hybridized carbons (Fsp3) is 0.500. The zero-order chi connectivity index (χ0) is 12.8. The Labute approximate surface area is 107 Å². The van der Waals surface area contributed by atoms with Crippen molar-refractivity contribution in [3.05, 3.63) is 35.9 Å². The van der Waals surface area contributed by atoms with Crippen LogP contribution < -0.4 is 5.32 Å². The number of hydrogen-bond acceptors (Lipinski definition) is 3. The van der Waals surface area contributed by atoms with E-state index in [-0.39, 0.29) is 19.3 Å². The van der Waals surface area contributed by atoms with Crippen LogP contribution in [0.1, 0.15) is 24.8 Å². The quantitative estimate of drug-likeness (QED) is 0.811. The molecule has 1 atom stereocenters. The molecule has 1 aliphatic rings. The zero-order valence-corrected chi connectivity index (χ0v) is 10.3. The summed E-state index contributed by atoms with van der Waals surface area (Å²) in [6, 6.07) is 9.63. The monoisotopic (exact) mass is 249 g/mol. The number of aliphatic hydroxyl groups is 1. The van der Waals surface area contributed by atoms with Gasteiger partial charge in [0, 0.05) is 12.6 Å². The molecule has 0 saturated heterocycles. The third-order valence-corrected chi connectivity index (χ3v) is 3.15. The molecule has 0 bridgehead atoms. The van der Waals surface area contributed by atoms with Crippen molar-refractivity contribution < 1.29 is 14.6 Å². The first-order chi connectivity index (χ1) is 8.79. The first-order valence-electron chi connectivity index (χ1n) is 6.37. The summed E-state index contributed by atoms with van der Waals surface area (Å²) in [4.78, 5) is 11.6. The van der Waals surface area contributed by atoms with Gasteiger partial charge in [0.2, 0.25) is 0 Å². The second-order valence-corrected chi connectivity index (χ2v) is 4.66. The smallest absolute Gasteiger partial charge is 0.407 e. The van der Waals surface area contributed by atoms with Crippen molar-refractivity contribution >= 4 is 6.09 Å². The molecule has 4 heteroatoms. The van der Waals surface area contributed by atoms with E-state index in [0.29, 0.717) is 12.3 Å². The lowest BCUT2D eigenvalue weighted by Crippen LogP contribution is -2.37. The number of rotatable bonds is 6. The Morgan fingerprint density at radius 1 is 1.39 bits per heavy atom. The van der Waals surface area contributed by atoms with Crippen molar-refractivity contribution in [2.75, 3.05) is 6.61 Å². The number of carbonyl (C=O) groups excluding carboxylic acids is 1. The van der Waals surface area contributed by atoms with E-state index >= 15 is 0 Å². The molecule has 4 nitrogen and oxygen atoms in total. The molecule has 2 rings (SSSR count). The molecule has 1 aromatic rings. The average molecular weight is 249 g/mol. The van der Waals surface area contributed by atoms with Gasteiger partial charge in [-0.2, -0.15) is 0 Å². The summed E-state index contributed by atoms with van der Waals surface area (Å²) in [7, 11) is 0. The van der Waals surface area contributed by atoms with Crippen LogP contribution in [0.5, 0.6) is 0 Å². The number of carbonyl (C=O) groups is 1. The molecule has 0 spiro atoms. The molecule has 1 saturated carbocycles. The van der Waals surface area contributed by atoms with Crippen molar-refractivity contribution in [2.24, 2.45) is 5.92 Å². The summed E-state index contributed by atoms with van der Waals surface area (Å²) in [5, 5.41) is 11.8. The van der Waals surface area contributed by atoms with Crippen molar-refractivity contribution in [2.45, 2.75) is 31.9 Å². The molecule has 98 valence electrons. The van der Waals surface area contributed by atoms with Crippen LogP contribution in [0.4, 0.5) is 4.79 Å². The number of ether oxygens (including phenoxy) is 1. The van der Waals surface area contributed by atoms with E-state index in [2.05, 4.69) is 5.32 Å². The van der Waals surface area contributed by atoms with E-state index in [9.17, 15) is 4.79 Å². The van der Waals surface area contributed by atoms with E-state index in [1.807, 2.05) is 30.3 Å². The van der Waals surface area contributed by atoms with E-state index in [1.54, 1.807) is 0 Å². The molecule has 0 aliphatic heterocycles. The van der Waals surface area contributed by atoms with E-state index < -0.39 is 6.09 Å². The Kier molecular flexibility index (Phi) is 4.59. The maximum absolute atomic E-state index is 11.6. The molecular formula is C14H19NO3. The first kappa shape index (κ1) is 12.9. The minimum absolute atomic E-state index is 0.0540. The van der Waals surface area contributed by atoms with Gasteiger partial charge in [0.1, 0.15) is 6.61 Å². The summed E-state index contributed by atoms with van der Waals surface area (Å²) in [5.41, 5.74) is 0.970. The van der Waals surface area contributed by atoms with E-state index in [4.69, 9.17) is 9.84 Å². The molecule has 1 fully saturated rings. The van der Waals surface area contributed by atoms with Crippen LogP contribution in [0.3, 0.4) is 0 Å². The third kappa shape index (κ3) is 4.04. The molecule has 1 aliphatic carbocycles. The Morgan fingerprint density at radius 3 is 2.72 bits per heavy atom. The Morgan fingerprint density at radius 2 is 2.11 bits per heavy atom. The predicted molar refractivity (Wildman–Crippen MR) is 68.0 cm³/mol. The number of amides is 1. The van der Waals surface area contributed by atoms with Crippen LogP contribution in [0.15, 0.2) is 30.3 Å². The average Bonchev–Trinajstić information content (AvgIpc) is 3.21. The Hall–Kier alpha value is -1.55. The molecule has 1 aromatic carbocycles. The lowest BCUT2D eigenvalue weighted by atomic mass is 10.1. The van der Waals surface area contributed by atoms with Crippen molar-refractivity contribution in [3.8, 4) is 0 Å². The van der Waals surface area contributed by atoms with Crippen molar-refractivity contribution in [1.82, 2.24) is 5.32 Å². The molecule has 0 radical (unpaired) electrons. The highest BCUT2D eigenvalue weighted by Gasteiger charge is 2.32. The lowest BCUT2D eigenvalue weighted by molar-refractivity contribution is 0.131. The SMILES string of the molecule is O=C(NC(CCO)C1CC1)OCc1ccccc1. The fourth-order valence-corrected chi connectivity index (χ4v) is 1.98. The van der Waals surface area contributed by atoms with Gasteiger partial charge in [-0.05, 0) is 30.7 Å². The highest BCUT2D eigenvalue weighted by Crippen LogP contribution is 2.33. The minimum atomic E-state index is -0.399. The zero-order valence-electron chi connectivity index (χ0n) is 10.3. The Balaban J connectivity index is 1.74. The maximum atomic E-state index is 11.6. The number of alkyl carbamates (subject to hydrolysis) is 1. The first-order valence-corrected chi connectivity index (χ1v) is 6.37. The van der Waals surface area contributed by atoms with Crippen LogP contribution in [0, 0.1) is 5.92 Å². The molecule has 18 heavy (non-hydrogen) atoms. The van der Waals surface area contributed by atoms with Gasteiger partial charge < -0.3 is 15.2 Å². The second-order valence-electron chi connectivity index (χ2n) is 4.66. The second kappa shape index (κ2) is 6.40. The van der Waals surface area contributed by atoms with Crippen LogP contribution >= 0.6 is 0 Å². The van der Waals surface area contributed by atoms with Gasteiger partial charge in [0.15, 0.2) is 0 Å². The molecule has 1 amide bonds. The van der Waals surface area contributed by atoms with Crippen LogP contribution in [0.25, 0.3) is 0 Å². The van der Waals surface area contributed by atoms with Gasteiger partial charge >= 0.3 is 6.09 Å². The maximum Gasteiger partial charge on any atom is 0.407 e. The summed E-state index contributed by atoms with van der Waals surface area (Å²) in [5.74, 6) is 0.515. The topological polar surface area (TPSA) is 58.6 Å². The largest absolute Gasteiger partial charge is 0.445 e. The minimum Gasteiger partial charge on any atom is -0.445 e. The predicted octanol–water partition coefficient (Wildman–Crippen LogP) is 2.07. The molecule has 0 aromatic heterocycles. The third-order valence-electron chi connectivity index (χ3n) is 3.15. The summed E-state index contributed by atoms with van der Waals surface area (Å²) in [6.07, 6.45) is 2.46. The number of nitrogens with one attached hydrogen (secondary N) is 1. The number of hydrogen-bond donors (Lipinski definition) is 2. The van der Waals surface area contributed by atoms with Crippen molar-refractivity contribution in [1.29, 1.82) is 0 Å². The molecule has 0 heterocycles. The highest BCUT2D eigenvalue weighted by atomic mass is 16.5. The highest BCUT2D eigenvalue weighted by molar-refractivity contribution is 5.67. The normalized spacial score (nSPS) is 16.1. The van der Waals surface area contributed by atoms with Gasteiger partial charge in [0.05, 0.1) is 0 Å². The van der Waals surface area contributed by atoms with Crippen LogP contribution in [0.2, 0.25) is 0 Å². The number of aliphatic hydroxyl groups excluding tert-OH is 1. The van der Waals surface area contributed by atoms with Gasteiger partial charge in [-0.15, -0.1) is 0 Å². The van der Waals surface area contributed by atoms with Gasteiger partial charge in [-0.1, -0.05) is 30.3 Å². The van der Waals surface area contributed by atoms with Gasteiger partial charge in [-0.3, -0.25) is 0 Å². The summed E-state index contributed by atoms with van der Waals surface area (Å²) < 4.78 is 5.15. The number of benzene rings is 1. The van der Waals surface area contributed by atoms with Crippen LogP contribution in [-0.2, 0) is 11.3 Å². The van der Waals surface area contributed by atoms with Crippen LogP contribution in [-0.4, -0.2) is 23.8 Å². The standard InChI is InChI=1S/C14H19NO3/c16-9-8-13(12-6-7-12)15-14(17)18-10-11-4-2-1-3-5-11/h1-5,12-13,16H,6-10H2,(H,15,17).